The third kappa shape index (κ3) is 2.89. The molecule has 0 radical (unpaired) electrons. The lowest BCUT2D eigenvalue weighted by atomic mass is 9.98. The largest absolute Gasteiger partial charge is 0.393 e. The Morgan fingerprint density at radius 1 is 1.36 bits per heavy atom. The van der Waals surface area contributed by atoms with Crippen molar-refractivity contribution in [2.24, 2.45) is 0 Å². The minimum absolute atomic E-state index is 0.0166. The Kier molecular flexibility index (Phi) is 4.19. The van der Waals surface area contributed by atoms with Gasteiger partial charge in [0.1, 0.15) is 6.10 Å². The Bertz CT molecular complexity index is 802. The van der Waals surface area contributed by atoms with Crippen LogP contribution < -0.4 is 5.32 Å². The number of carbonyl (C=O) groups is 1. The molecule has 2 aliphatic heterocycles. The van der Waals surface area contributed by atoms with Crippen molar-refractivity contribution in [3.05, 3.63) is 46.8 Å². The highest BCUT2D eigenvalue weighted by Gasteiger charge is 2.27. The van der Waals surface area contributed by atoms with Gasteiger partial charge in [-0.05, 0) is 30.5 Å². The van der Waals surface area contributed by atoms with Crippen molar-refractivity contribution in [3.63, 3.8) is 0 Å². The predicted octanol–water partition coefficient (Wildman–Crippen LogP) is 0.923. The first-order valence-corrected chi connectivity index (χ1v) is 8.68. The van der Waals surface area contributed by atoms with Gasteiger partial charge in [0.25, 0.3) is 5.91 Å². The molecule has 2 aliphatic rings. The zero-order valence-corrected chi connectivity index (χ0v) is 14.0. The molecule has 4 rings (SSSR count). The van der Waals surface area contributed by atoms with E-state index < -0.39 is 6.10 Å². The van der Waals surface area contributed by atoms with Crippen LogP contribution in [-0.4, -0.2) is 50.5 Å². The Morgan fingerprint density at radius 3 is 3.08 bits per heavy atom. The molecule has 0 saturated heterocycles. The molecule has 3 N–H and O–H groups in total. The van der Waals surface area contributed by atoms with Crippen LogP contribution in [0.1, 0.15) is 39.8 Å². The van der Waals surface area contributed by atoms with Gasteiger partial charge in [-0.15, -0.1) is 0 Å². The molecular formula is C18H22N4O3. The van der Waals surface area contributed by atoms with Gasteiger partial charge < -0.3 is 20.4 Å². The van der Waals surface area contributed by atoms with Crippen molar-refractivity contribution in [2.75, 3.05) is 25.0 Å². The third-order valence-corrected chi connectivity index (χ3v) is 4.92. The number of aryl methyl sites for hydroxylation is 1. The summed E-state index contributed by atoms with van der Waals surface area (Å²) in [7, 11) is 0. The summed E-state index contributed by atoms with van der Waals surface area (Å²) < 4.78 is 1.80. The summed E-state index contributed by atoms with van der Waals surface area (Å²) in [4.78, 5) is 14.9. The van der Waals surface area contributed by atoms with Crippen molar-refractivity contribution >= 4 is 11.6 Å². The number of rotatable bonds is 3. The summed E-state index contributed by atoms with van der Waals surface area (Å²) in [6.07, 6.45) is 1.11. The van der Waals surface area contributed by atoms with Crippen molar-refractivity contribution in [1.82, 2.24) is 14.7 Å². The van der Waals surface area contributed by atoms with E-state index in [1.165, 1.54) is 5.56 Å². The molecule has 0 unspecified atom stereocenters. The number of nitrogens with one attached hydrogen (secondary N) is 1. The number of aliphatic hydroxyl groups excluding tert-OH is 2. The van der Waals surface area contributed by atoms with Gasteiger partial charge in [-0.1, -0.05) is 12.1 Å². The second-order valence-electron chi connectivity index (χ2n) is 6.58. The number of amides is 1. The summed E-state index contributed by atoms with van der Waals surface area (Å²) in [5, 5.41) is 26.5. The van der Waals surface area contributed by atoms with E-state index in [4.69, 9.17) is 5.11 Å². The van der Waals surface area contributed by atoms with Crippen LogP contribution in [0.2, 0.25) is 0 Å². The van der Waals surface area contributed by atoms with Crippen LogP contribution in [0.4, 0.5) is 5.69 Å². The maximum Gasteiger partial charge on any atom is 0.256 e. The number of aromatic nitrogens is 2. The minimum atomic E-state index is -0.979. The average Bonchev–Trinajstić information content (AvgIpc) is 3.09. The highest BCUT2D eigenvalue weighted by atomic mass is 16.3. The number of aliphatic hydroxyl groups is 2. The fourth-order valence-electron chi connectivity index (χ4n) is 3.58. The number of anilines is 1. The summed E-state index contributed by atoms with van der Waals surface area (Å²) in [5.41, 5.74) is 4.22. The fourth-order valence-corrected chi connectivity index (χ4v) is 3.58. The molecule has 0 aliphatic carbocycles. The Morgan fingerprint density at radius 2 is 2.24 bits per heavy atom. The highest BCUT2D eigenvalue weighted by Crippen LogP contribution is 2.28. The molecule has 2 aromatic rings. The first-order valence-electron chi connectivity index (χ1n) is 8.68. The van der Waals surface area contributed by atoms with Crippen LogP contribution in [0, 0.1) is 0 Å². The maximum atomic E-state index is 13.0. The normalized spacial score (nSPS) is 17.4. The van der Waals surface area contributed by atoms with Crippen LogP contribution in [0.3, 0.4) is 0 Å². The first-order chi connectivity index (χ1) is 12.2. The van der Waals surface area contributed by atoms with Gasteiger partial charge in [-0.2, -0.15) is 5.10 Å². The van der Waals surface area contributed by atoms with Crippen molar-refractivity contribution in [3.8, 4) is 0 Å². The molecule has 0 spiro atoms. The lowest BCUT2D eigenvalue weighted by Crippen LogP contribution is -2.38. The van der Waals surface area contributed by atoms with Crippen LogP contribution in [0.15, 0.2) is 24.3 Å². The van der Waals surface area contributed by atoms with Crippen LogP contribution in [0.5, 0.6) is 0 Å². The molecule has 7 nitrogen and oxygen atoms in total. The first kappa shape index (κ1) is 16.1. The number of nitrogens with zero attached hydrogens (tertiary/aromatic N) is 3. The molecule has 1 aromatic heterocycles. The summed E-state index contributed by atoms with van der Waals surface area (Å²) in [6.45, 7) is 2.15. The molecule has 3 heterocycles. The summed E-state index contributed by atoms with van der Waals surface area (Å²) in [6, 6.07) is 7.67. The molecule has 0 bridgehead atoms. The summed E-state index contributed by atoms with van der Waals surface area (Å²) in [5.74, 6) is 0.0166. The van der Waals surface area contributed by atoms with E-state index in [0.717, 1.165) is 36.3 Å². The fraction of sp³-hybridized carbons (Fsp3) is 0.444. The quantitative estimate of drug-likeness (QED) is 0.772. The lowest BCUT2D eigenvalue weighted by molar-refractivity contribution is 0.0705. The zero-order chi connectivity index (χ0) is 17.4. The van der Waals surface area contributed by atoms with Gasteiger partial charge in [0, 0.05) is 13.1 Å². The van der Waals surface area contributed by atoms with Gasteiger partial charge in [0.15, 0.2) is 0 Å². The molecule has 1 atom stereocenters. The molecule has 0 saturated carbocycles. The number of fused-ring (bicyclic) bond motifs is 2. The number of para-hydroxylation sites is 1. The van der Waals surface area contributed by atoms with Gasteiger partial charge in [-0.25, -0.2) is 0 Å². The van der Waals surface area contributed by atoms with Crippen molar-refractivity contribution in [2.45, 2.75) is 32.0 Å². The van der Waals surface area contributed by atoms with E-state index in [-0.39, 0.29) is 12.5 Å². The van der Waals surface area contributed by atoms with Gasteiger partial charge in [0.2, 0.25) is 0 Å². The Hall–Kier alpha value is -2.38. The van der Waals surface area contributed by atoms with Gasteiger partial charge in [0.05, 0.1) is 42.3 Å². The van der Waals surface area contributed by atoms with Crippen molar-refractivity contribution in [1.29, 1.82) is 0 Å². The smallest absolute Gasteiger partial charge is 0.256 e. The van der Waals surface area contributed by atoms with E-state index in [1.54, 1.807) is 10.7 Å². The van der Waals surface area contributed by atoms with E-state index in [9.17, 15) is 9.90 Å². The molecule has 132 valence electrons. The van der Waals surface area contributed by atoms with Gasteiger partial charge >= 0.3 is 0 Å². The second-order valence-corrected chi connectivity index (χ2v) is 6.58. The number of hydrogen-bond acceptors (Lipinski definition) is 5. The van der Waals surface area contributed by atoms with E-state index in [0.29, 0.717) is 25.3 Å². The number of benzene rings is 1. The number of carbonyl (C=O) groups excluding carboxylic acids is 1. The summed E-state index contributed by atoms with van der Waals surface area (Å²) >= 11 is 0. The van der Waals surface area contributed by atoms with E-state index >= 15 is 0 Å². The maximum absolute atomic E-state index is 13.0. The topological polar surface area (TPSA) is 90.6 Å². The SMILES string of the molecule is O=C(c1cccc2c1NCCC2)N1CCn2nc([C@@H](O)CO)cc2C1. The predicted molar refractivity (Wildman–Crippen MR) is 92.3 cm³/mol. The Labute approximate surface area is 145 Å². The average molecular weight is 342 g/mol. The molecule has 1 aromatic carbocycles. The number of hydrogen-bond donors (Lipinski definition) is 3. The second kappa shape index (κ2) is 6.50. The molecule has 1 amide bonds. The van der Waals surface area contributed by atoms with E-state index in [2.05, 4.69) is 16.5 Å². The standard InChI is InChI=1S/C18H22N4O3/c23-11-16(24)15-9-13-10-21(7-8-22(13)20-15)18(25)14-5-1-3-12-4-2-6-19-17(12)14/h1,3,5,9,16,19,23-24H,2,4,6-8,10-11H2/t16-/m0/s1. The van der Waals surface area contributed by atoms with Crippen molar-refractivity contribution < 1.29 is 15.0 Å². The zero-order valence-electron chi connectivity index (χ0n) is 14.0. The molecule has 25 heavy (non-hydrogen) atoms. The molecular weight excluding hydrogens is 320 g/mol. The van der Waals surface area contributed by atoms with Crippen LogP contribution in [-0.2, 0) is 19.5 Å². The minimum Gasteiger partial charge on any atom is -0.393 e. The molecule has 0 fully saturated rings. The van der Waals surface area contributed by atoms with E-state index in [1.807, 2.05) is 17.0 Å². The lowest BCUT2D eigenvalue weighted by Gasteiger charge is -2.29. The third-order valence-electron chi connectivity index (χ3n) is 4.92. The molecule has 7 heteroatoms. The highest BCUT2D eigenvalue weighted by molar-refractivity contribution is 6.00. The monoisotopic (exact) mass is 342 g/mol. The van der Waals surface area contributed by atoms with Crippen LogP contribution in [0.25, 0.3) is 0 Å². The Balaban J connectivity index is 1.58. The van der Waals surface area contributed by atoms with Crippen LogP contribution >= 0.6 is 0 Å². The van der Waals surface area contributed by atoms with Gasteiger partial charge in [-0.3, -0.25) is 9.48 Å².